The molecule has 0 saturated carbocycles. The van der Waals surface area contributed by atoms with Gasteiger partial charge in [0.05, 0.1) is 26.8 Å². The van der Waals surface area contributed by atoms with Crippen LogP contribution in [0.1, 0.15) is 40.0 Å². The van der Waals surface area contributed by atoms with Crippen LogP contribution in [0.4, 0.5) is 4.79 Å². The summed E-state index contributed by atoms with van der Waals surface area (Å²) >= 11 is 1.47. The van der Waals surface area contributed by atoms with Gasteiger partial charge in [-0.2, -0.15) is 0 Å². The number of aromatic nitrogens is 1. The van der Waals surface area contributed by atoms with Crippen molar-refractivity contribution in [2.75, 3.05) is 12.3 Å². The van der Waals surface area contributed by atoms with E-state index in [1.807, 2.05) is 45.0 Å². The Kier molecular flexibility index (Phi) is 5.43. The number of hydrogen-bond acceptors (Lipinski definition) is 5. The fourth-order valence-electron chi connectivity index (χ4n) is 2.93. The van der Waals surface area contributed by atoms with Crippen molar-refractivity contribution in [3.63, 3.8) is 0 Å². The normalized spacial score (nSPS) is 19.8. The number of fused-ring (bicyclic) bond motifs is 1. The number of likely N-dealkylation sites (tertiary alicyclic amines) is 1. The number of hydrogen-bond donors (Lipinski definition) is 0. The molecule has 2 heterocycles. The Balaban J connectivity index is 1.72. The molecule has 2 aromatic rings. The standard InChI is InChI=1S/C18H24N2O3S2/c1-18(2,3)23-17(21)20-11-7-6-8-13(20)12-25(22)16-19-14-9-4-5-10-15(14)24-16/h4-5,9-10,13H,6-8,11-12H2,1-3H3/t13-,25-/m1/s1. The Bertz CT molecular complexity index is 749. The molecule has 3 rings (SSSR count). The number of piperidine rings is 1. The molecule has 0 N–H and O–H groups in total. The molecule has 0 bridgehead atoms. The van der Waals surface area contributed by atoms with Crippen LogP contribution in [0, 0.1) is 0 Å². The molecule has 1 aromatic heterocycles. The molecule has 1 aromatic carbocycles. The van der Waals surface area contributed by atoms with Gasteiger partial charge in [0.1, 0.15) is 5.60 Å². The lowest BCUT2D eigenvalue weighted by molar-refractivity contribution is 0.0125. The van der Waals surface area contributed by atoms with Gasteiger partial charge < -0.3 is 9.64 Å². The molecule has 1 saturated heterocycles. The molecule has 1 aliphatic rings. The molecule has 0 aliphatic carbocycles. The minimum atomic E-state index is -1.22. The third-order valence-corrected chi connectivity index (χ3v) is 6.87. The summed E-state index contributed by atoms with van der Waals surface area (Å²) in [5.41, 5.74) is 0.356. The summed E-state index contributed by atoms with van der Waals surface area (Å²) < 4.78 is 20.0. The summed E-state index contributed by atoms with van der Waals surface area (Å²) in [6, 6.07) is 7.75. The number of nitrogens with zero attached hydrogens (tertiary/aromatic N) is 2. The first-order chi connectivity index (χ1) is 11.8. The molecule has 0 radical (unpaired) electrons. The van der Waals surface area contributed by atoms with Crippen LogP contribution in [0.25, 0.3) is 10.2 Å². The Morgan fingerprint density at radius 2 is 2.12 bits per heavy atom. The lowest BCUT2D eigenvalue weighted by Gasteiger charge is -2.36. The molecule has 1 fully saturated rings. The average molecular weight is 381 g/mol. The first kappa shape index (κ1) is 18.3. The molecule has 1 aliphatic heterocycles. The summed E-state index contributed by atoms with van der Waals surface area (Å²) in [5.74, 6) is 0.416. The van der Waals surface area contributed by atoms with E-state index in [1.54, 1.807) is 4.90 Å². The minimum absolute atomic E-state index is 0.0588. The van der Waals surface area contributed by atoms with Crippen molar-refractivity contribution in [1.29, 1.82) is 0 Å². The number of carbonyl (C=O) groups excluding carboxylic acids is 1. The summed E-state index contributed by atoms with van der Waals surface area (Å²) in [5, 5.41) is 0. The maximum atomic E-state index is 12.8. The fourth-order valence-corrected chi connectivity index (χ4v) is 5.51. The van der Waals surface area contributed by atoms with Gasteiger partial charge in [0.15, 0.2) is 4.34 Å². The predicted octanol–water partition coefficient (Wildman–Crippen LogP) is 4.19. The highest BCUT2D eigenvalue weighted by Crippen LogP contribution is 2.27. The van der Waals surface area contributed by atoms with Gasteiger partial charge in [-0.3, -0.25) is 4.21 Å². The number of para-hydroxylation sites is 1. The molecule has 1 amide bonds. The first-order valence-electron chi connectivity index (χ1n) is 8.57. The second kappa shape index (κ2) is 7.41. The Morgan fingerprint density at radius 1 is 1.36 bits per heavy atom. The van der Waals surface area contributed by atoms with Gasteiger partial charge in [0.25, 0.3) is 0 Å². The van der Waals surface area contributed by atoms with E-state index in [0.717, 1.165) is 29.5 Å². The van der Waals surface area contributed by atoms with Crippen molar-refractivity contribution >= 4 is 38.4 Å². The number of ether oxygens (including phenoxy) is 1. The quantitative estimate of drug-likeness (QED) is 0.801. The van der Waals surface area contributed by atoms with E-state index in [4.69, 9.17) is 4.74 Å². The second-order valence-electron chi connectivity index (χ2n) is 7.28. The van der Waals surface area contributed by atoms with Gasteiger partial charge in [0, 0.05) is 12.6 Å². The molecular formula is C18H24N2O3S2. The molecular weight excluding hydrogens is 356 g/mol. The van der Waals surface area contributed by atoms with Crippen molar-refractivity contribution in [2.45, 2.75) is 56.0 Å². The molecule has 0 spiro atoms. The minimum Gasteiger partial charge on any atom is -0.444 e. The van der Waals surface area contributed by atoms with Crippen molar-refractivity contribution in [3.05, 3.63) is 24.3 Å². The molecule has 7 heteroatoms. The van der Waals surface area contributed by atoms with Crippen molar-refractivity contribution in [1.82, 2.24) is 9.88 Å². The van der Waals surface area contributed by atoms with E-state index in [-0.39, 0.29) is 12.1 Å². The fraction of sp³-hybridized carbons (Fsp3) is 0.556. The highest BCUT2D eigenvalue weighted by molar-refractivity contribution is 7.87. The van der Waals surface area contributed by atoms with E-state index in [9.17, 15) is 9.00 Å². The van der Waals surface area contributed by atoms with E-state index >= 15 is 0 Å². The zero-order valence-corrected chi connectivity index (χ0v) is 16.5. The number of carbonyl (C=O) groups is 1. The molecule has 25 heavy (non-hydrogen) atoms. The Labute approximate surface area is 154 Å². The molecule has 136 valence electrons. The lowest BCUT2D eigenvalue weighted by atomic mass is 10.0. The maximum Gasteiger partial charge on any atom is 0.410 e. The number of rotatable bonds is 3. The van der Waals surface area contributed by atoms with Gasteiger partial charge in [-0.15, -0.1) is 11.3 Å². The van der Waals surface area contributed by atoms with Gasteiger partial charge in [-0.25, -0.2) is 9.78 Å². The van der Waals surface area contributed by atoms with Crippen molar-refractivity contribution < 1.29 is 13.7 Å². The SMILES string of the molecule is CC(C)(C)OC(=O)N1CCCC[C@@H]1C[S@@](=O)c1nc2ccccc2s1. The van der Waals surface area contributed by atoms with Crippen LogP contribution < -0.4 is 0 Å². The number of benzene rings is 1. The summed E-state index contributed by atoms with van der Waals surface area (Å²) in [7, 11) is -1.22. The van der Waals surface area contributed by atoms with Crippen molar-refractivity contribution in [2.24, 2.45) is 0 Å². The van der Waals surface area contributed by atoms with Crippen LogP contribution in [0.5, 0.6) is 0 Å². The van der Waals surface area contributed by atoms with Gasteiger partial charge >= 0.3 is 6.09 Å². The molecule has 5 nitrogen and oxygen atoms in total. The molecule has 0 unspecified atom stereocenters. The predicted molar refractivity (Wildman–Crippen MR) is 101 cm³/mol. The third-order valence-electron chi connectivity index (χ3n) is 4.07. The average Bonchev–Trinajstić information content (AvgIpc) is 2.98. The number of amides is 1. The smallest absolute Gasteiger partial charge is 0.410 e. The van der Waals surface area contributed by atoms with Crippen LogP contribution in [-0.2, 0) is 15.5 Å². The van der Waals surface area contributed by atoms with Gasteiger partial charge in [-0.05, 0) is 52.2 Å². The monoisotopic (exact) mass is 380 g/mol. The van der Waals surface area contributed by atoms with Crippen LogP contribution >= 0.6 is 11.3 Å². The van der Waals surface area contributed by atoms with Crippen LogP contribution in [0.15, 0.2) is 28.6 Å². The highest BCUT2D eigenvalue weighted by Gasteiger charge is 2.32. The van der Waals surface area contributed by atoms with Crippen LogP contribution in [-0.4, -0.2) is 44.1 Å². The maximum absolute atomic E-state index is 12.8. The summed E-state index contributed by atoms with van der Waals surface area (Å²) in [4.78, 5) is 18.7. The largest absolute Gasteiger partial charge is 0.444 e. The number of thiazole rings is 1. The zero-order valence-electron chi connectivity index (χ0n) is 14.9. The third kappa shape index (κ3) is 4.58. The first-order valence-corrected chi connectivity index (χ1v) is 10.7. The Morgan fingerprint density at radius 3 is 2.84 bits per heavy atom. The van der Waals surface area contributed by atoms with E-state index in [0.29, 0.717) is 16.6 Å². The zero-order chi connectivity index (χ0) is 18.0. The van der Waals surface area contributed by atoms with E-state index < -0.39 is 16.4 Å². The van der Waals surface area contributed by atoms with E-state index in [2.05, 4.69) is 4.98 Å². The van der Waals surface area contributed by atoms with Gasteiger partial charge in [-0.1, -0.05) is 12.1 Å². The van der Waals surface area contributed by atoms with E-state index in [1.165, 1.54) is 11.3 Å². The highest BCUT2D eigenvalue weighted by atomic mass is 32.2. The summed E-state index contributed by atoms with van der Waals surface area (Å²) in [6.07, 6.45) is 2.55. The molecule has 2 atom stereocenters. The van der Waals surface area contributed by atoms with Crippen LogP contribution in [0.2, 0.25) is 0 Å². The topological polar surface area (TPSA) is 59.5 Å². The van der Waals surface area contributed by atoms with Crippen LogP contribution in [0.3, 0.4) is 0 Å². The van der Waals surface area contributed by atoms with Gasteiger partial charge in [0.2, 0.25) is 0 Å². The second-order valence-corrected chi connectivity index (χ2v) is 9.98. The summed E-state index contributed by atoms with van der Waals surface area (Å²) in [6.45, 7) is 6.26. The lowest BCUT2D eigenvalue weighted by Crippen LogP contribution is -2.48. The Hall–Kier alpha value is -1.47. The van der Waals surface area contributed by atoms with Crippen molar-refractivity contribution in [3.8, 4) is 0 Å².